The maximum Gasteiger partial charge on any atom is 0.228 e. The first-order valence-corrected chi connectivity index (χ1v) is 6.53. The zero-order valence-electron chi connectivity index (χ0n) is 10.9. The summed E-state index contributed by atoms with van der Waals surface area (Å²) in [5.74, 6) is -0.381. The molecule has 2 rings (SSSR count). The molecule has 5 heteroatoms. The Balaban J connectivity index is 1.86. The van der Waals surface area contributed by atoms with Gasteiger partial charge in [0.1, 0.15) is 0 Å². The molecule has 2 unspecified atom stereocenters. The van der Waals surface area contributed by atoms with Gasteiger partial charge in [0.2, 0.25) is 5.91 Å². The highest BCUT2D eigenvalue weighted by Crippen LogP contribution is 2.14. The van der Waals surface area contributed by atoms with Crippen LogP contribution in [0.2, 0.25) is 0 Å². The average Bonchev–Trinajstić information content (AvgIpc) is 2.48. The topological polar surface area (TPSA) is 73.6 Å². The Morgan fingerprint density at radius 1 is 1.37 bits per heavy atom. The normalized spacial score (nSPS) is 20.8. The van der Waals surface area contributed by atoms with Gasteiger partial charge in [0.25, 0.3) is 0 Å². The van der Waals surface area contributed by atoms with Gasteiger partial charge in [-0.2, -0.15) is 0 Å². The van der Waals surface area contributed by atoms with Gasteiger partial charge >= 0.3 is 0 Å². The molecule has 1 amide bonds. The van der Waals surface area contributed by atoms with Crippen LogP contribution in [0.15, 0.2) is 30.3 Å². The number of hydrogen-bond acceptors (Lipinski definition) is 4. The molecule has 3 N–H and O–H groups in total. The van der Waals surface area contributed by atoms with Crippen molar-refractivity contribution < 1.29 is 14.3 Å². The van der Waals surface area contributed by atoms with Gasteiger partial charge in [-0.15, -0.1) is 0 Å². The Morgan fingerprint density at radius 3 is 2.79 bits per heavy atom. The Kier molecular flexibility index (Phi) is 5.32. The highest BCUT2D eigenvalue weighted by Gasteiger charge is 2.21. The maximum atomic E-state index is 12.1. The molecular weight excluding hydrogens is 244 g/mol. The van der Waals surface area contributed by atoms with E-state index in [4.69, 9.17) is 15.2 Å². The summed E-state index contributed by atoms with van der Waals surface area (Å²) in [6, 6.07) is 9.56. The van der Waals surface area contributed by atoms with Crippen LogP contribution in [0.1, 0.15) is 11.5 Å². The van der Waals surface area contributed by atoms with Crippen LogP contribution < -0.4 is 11.1 Å². The molecule has 1 saturated heterocycles. The van der Waals surface area contributed by atoms with E-state index in [-0.39, 0.29) is 24.5 Å². The van der Waals surface area contributed by atoms with E-state index in [1.165, 1.54) is 0 Å². The number of carbonyl (C=O) groups is 1. The maximum absolute atomic E-state index is 12.1. The van der Waals surface area contributed by atoms with E-state index in [1.54, 1.807) is 0 Å². The smallest absolute Gasteiger partial charge is 0.228 e. The number of amides is 1. The standard InChI is InChI=1S/C14H20N2O3/c15-8-13(11-4-2-1-3-5-11)14(17)16-9-12-10-18-6-7-19-12/h1-5,12-13H,6-10,15H2,(H,16,17). The fourth-order valence-electron chi connectivity index (χ4n) is 2.07. The number of nitrogens with one attached hydrogen (secondary N) is 1. The number of hydrogen-bond donors (Lipinski definition) is 2. The largest absolute Gasteiger partial charge is 0.376 e. The first-order valence-electron chi connectivity index (χ1n) is 6.53. The Hall–Kier alpha value is -1.43. The van der Waals surface area contributed by atoms with E-state index in [2.05, 4.69) is 5.32 Å². The van der Waals surface area contributed by atoms with Crippen molar-refractivity contribution >= 4 is 5.91 Å². The molecular formula is C14H20N2O3. The van der Waals surface area contributed by atoms with Crippen LogP contribution in [-0.4, -0.2) is 44.9 Å². The van der Waals surface area contributed by atoms with Crippen LogP contribution >= 0.6 is 0 Å². The predicted octanol–water partition coefficient (Wildman–Crippen LogP) is 0.261. The Labute approximate surface area is 113 Å². The number of rotatable bonds is 5. The van der Waals surface area contributed by atoms with Crippen LogP contribution in [-0.2, 0) is 14.3 Å². The van der Waals surface area contributed by atoms with E-state index >= 15 is 0 Å². The van der Waals surface area contributed by atoms with Crippen molar-refractivity contribution in [3.63, 3.8) is 0 Å². The summed E-state index contributed by atoms with van der Waals surface area (Å²) in [4.78, 5) is 12.1. The molecule has 5 nitrogen and oxygen atoms in total. The van der Waals surface area contributed by atoms with Crippen molar-refractivity contribution in [3.8, 4) is 0 Å². The number of ether oxygens (including phenoxy) is 2. The summed E-state index contributed by atoms with van der Waals surface area (Å²) in [6.45, 7) is 2.48. The second-order valence-corrected chi connectivity index (χ2v) is 4.51. The van der Waals surface area contributed by atoms with Gasteiger partial charge in [-0.25, -0.2) is 0 Å². The first-order chi connectivity index (χ1) is 9.31. The Morgan fingerprint density at radius 2 is 2.16 bits per heavy atom. The quantitative estimate of drug-likeness (QED) is 0.800. The predicted molar refractivity (Wildman–Crippen MR) is 71.8 cm³/mol. The molecule has 104 valence electrons. The van der Waals surface area contributed by atoms with Gasteiger partial charge in [-0.1, -0.05) is 30.3 Å². The van der Waals surface area contributed by atoms with E-state index in [1.807, 2.05) is 30.3 Å². The SMILES string of the molecule is NCC(C(=O)NCC1COCCO1)c1ccccc1. The minimum atomic E-state index is -0.314. The molecule has 0 bridgehead atoms. The van der Waals surface area contributed by atoms with E-state index in [0.29, 0.717) is 26.4 Å². The monoisotopic (exact) mass is 264 g/mol. The molecule has 0 aromatic heterocycles. The van der Waals surface area contributed by atoms with Crippen molar-refractivity contribution in [3.05, 3.63) is 35.9 Å². The van der Waals surface area contributed by atoms with E-state index in [9.17, 15) is 4.79 Å². The van der Waals surface area contributed by atoms with Gasteiger partial charge in [0, 0.05) is 13.1 Å². The molecule has 19 heavy (non-hydrogen) atoms. The lowest BCUT2D eigenvalue weighted by Crippen LogP contribution is -2.42. The summed E-state index contributed by atoms with van der Waals surface area (Å²) < 4.78 is 10.8. The zero-order chi connectivity index (χ0) is 13.5. The Bertz CT molecular complexity index is 391. The van der Waals surface area contributed by atoms with Crippen molar-refractivity contribution in [2.75, 3.05) is 32.9 Å². The third-order valence-corrected chi connectivity index (χ3v) is 3.14. The van der Waals surface area contributed by atoms with E-state index in [0.717, 1.165) is 5.56 Å². The molecule has 1 aliphatic rings. The van der Waals surface area contributed by atoms with Crippen molar-refractivity contribution in [2.24, 2.45) is 5.73 Å². The minimum absolute atomic E-state index is 0.0631. The fraction of sp³-hybridized carbons (Fsp3) is 0.500. The molecule has 1 heterocycles. The lowest BCUT2D eigenvalue weighted by molar-refractivity contribution is -0.125. The molecule has 0 spiro atoms. The summed E-state index contributed by atoms with van der Waals surface area (Å²) >= 11 is 0. The van der Waals surface area contributed by atoms with Crippen molar-refractivity contribution in [2.45, 2.75) is 12.0 Å². The zero-order valence-corrected chi connectivity index (χ0v) is 10.9. The summed E-state index contributed by atoms with van der Waals surface area (Å²) in [5, 5.41) is 2.88. The summed E-state index contributed by atoms with van der Waals surface area (Å²) in [5.41, 5.74) is 6.63. The molecule has 0 radical (unpaired) electrons. The first kappa shape index (κ1) is 14.0. The summed E-state index contributed by atoms with van der Waals surface area (Å²) in [6.07, 6.45) is -0.0631. The van der Waals surface area contributed by atoms with Crippen LogP contribution in [0.4, 0.5) is 0 Å². The fourth-order valence-corrected chi connectivity index (χ4v) is 2.07. The van der Waals surface area contributed by atoms with Gasteiger partial charge < -0.3 is 20.5 Å². The molecule has 1 fully saturated rings. The molecule has 0 saturated carbocycles. The average molecular weight is 264 g/mol. The number of carbonyl (C=O) groups excluding carboxylic acids is 1. The van der Waals surface area contributed by atoms with Crippen LogP contribution in [0.3, 0.4) is 0 Å². The minimum Gasteiger partial charge on any atom is -0.376 e. The number of nitrogens with two attached hydrogens (primary N) is 1. The molecule has 2 atom stereocenters. The van der Waals surface area contributed by atoms with Crippen LogP contribution in [0.25, 0.3) is 0 Å². The van der Waals surface area contributed by atoms with Gasteiger partial charge in [0.05, 0.1) is 31.8 Å². The molecule has 0 aliphatic carbocycles. The lowest BCUT2D eigenvalue weighted by atomic mass is 9.98. The van der Waals surface area contributed by atoms with Gasteiger partial charge in [-0.3, -0.25) is 4.79 Å². The van der Waals surface area contributed by atoms with Crippen LogP contribution in [0.5, 0.6) is 0 Å². The van der Waals surface area contributed by atoms with E-state index < -0.39 is 0 Å². The lowest BCUT2D eigenvalue weighted by Gasteiger charge is -2.24. The highest BCUT2D eigenvalue weighted by molar-refractivity contribution is 5.83. The third-order valence-electron chi connectivity index (χ3n) is 3.14. The second kappa shape index (κ2) is 7.23. The number of benzene rings is 1. The molecule has 1 aromatic rings. The highest BCUT2D eigenvalue weighted by atomic mass is 16.6. The van der Waals surface area contributed by atoms with Crippen molar-refractivity contribution in [1.29, 1.82) is 0 Å². The molecule has 1 aliphatic heterocycles. The van der Waals surface area contributed by atoms with Crippen LogP contribution in [0, 0.1) is 0 Å². The second-order valence-electron chi connectivity index (χ2n) is 4.51. The summed E-state index contributed by atoms with van der Waals surface area (Å²) in [7, 11) is 0. The third kappa shape index (κ3) is 4.02. The molecule has 1 aromatic carbocycles. The van der Waals surface area contributed by atoms with Gasteiger partial charge in [0.15, 0.2) is 0 Å². The van der Waals surface area contributed by atoms with Crippen molar-refractivity contribution in [1.82, 2.24) is 5.32 Å². The van der Waals surface area contributed by atoms with Gasteiger partial charge in [-0.05, 0) is 5.56 Å².